The molecule has 0 amide bonds. The number of hydrogen-bond acceptors (Lipinski definition) is 3. The second-order valence-electron chi connectivity index (χ2n) is 6.47. The summed E-state index contributed by atoms with van der Waals surface area (Å²) in [6, 6.07) is 0.120. The number of carboxylic acid groups (broad SMARTS) is 1. The van der Waals surface area contributed by atoms with Crippen LogP contribution in [0.15, 0.2) is 0 Å². The van der Waals surface area contributed by atoms with Gasteiger partial charge in [-0.25, -0.2) is 0 Å². The van der Waals surface area contributed by atoms with Gasteiger partial charge in [0.05, 0.1) is 6.54 Å². The molecular formula is C14H23F3N2O2. The molecule has 0 aromatic rings. The SMILES string of the molecule is CC1CCC1N1CC(CC(=O)O)CC(NCC(F)(F)F)C1. The van der Waals surface area contributed by atoms with Crippen molar-refractivity contribution in [3.63, 3.8) is 0 Å². The van der Waals surface area contributed by atoms with Gasteiger partial charge in [0.2, 0.25) is 0 Å². The van der Waals surface area contributed by atoms with Crippen LogP contribution in [0.25, 0.3) is 0 Å². The zero-order valence-electron chi connectivity index (χ0n) is 12.2. The van der Waals surface area contributed by atoms with Crippen molar-refractivity contribution in [3.05, 3.63) is 0 Å². The fraction of sp³-hybridized carbons (Fsp3) is 0.929. The van der Waals surface area contributed by atoms with Crippen LogP contribution in [-0.2, 0) is 4.79 Å². The lowest BCUT2D eigenvalue weighted by atomic mass is 9.78. The van der Waals surface area contributed by atoms with E-state index in [2.05, 4.69) is 17.1 Å². The molecule has 2 rings (SSSR count). The summed E-state index contributed by atoms with van der Waals surface area (Å²) in [5.74, 6) is -0.398. The Morgan fingerprint density at radius 3 is 2.52 bits per heavy atom. The topological polar surface area (TPSA) is 52.6 Å². The Labute approximate surface area is 122 Å². The second-order valence-corrected chi connectivity index (χ2v) is 6.47. The van der Waals surface area contributed by atoms with E-state index < -0.39 is 18.7 Å². The normalized spacial score (nSPS) is 34.5. The van der Waals surface area contributed by atoms with E-state index in [1.807, 2.05) is 0 Å². The van der Waals surface area contributed by atoms with Gasteiger partial charge in [-0.05, 0) is 31.1 Å². The molecule has 2 fully saturated rings. The number of nitrogens with zero attached hydrogens (tertiary/aromatic N) is 1. The Balaban J connectivity index is 1.94. The van der Waals surface area contributed by atoms with Gasteiger partial charge in [-0.2, -0.15) is 13.2 Å². The maximum Gasteiger partial charge on any atom is 0.401 e. The van der Waals surface area contributed by atoms with Gasteiger partial charge in [0.1, 0.15) is 0 Å². The van der Waals surface area contributed by atoms with E-state index in [4.69, 9.17) is 5.11 Å². The number of halogens is 3. The Morgan fingerprint density at radius 2 is 2.05 bits per heavy atom. The molecule has 7 heteroatoms. The minimum absolute atomic E-state index is 0.0296. The molecule has 0 aromatic carbocycles. The van der Waals surface area contributed by atoms with E-state index in [0.29, 0.717) is 31.5 Å². The summed E-state index contributed by atoms with van der Waals surface area (Å²) in [7, 11) is 0. The van der Waals surface area contributed by atoms with E-state index in [9.17, 15) is 18.0 Å². The van der Waals surface area contributed by atoms with Crippen molar-refractivity contribution in [1.82, 2.24) is 10.2 Å². The number of aliphatic carboxylic acids is 1. The van der Waals surface area contributed by atoms with Crippen molar-refractivity contribution in [2.45, 2.75) is 50.9 Å². The third-order valence-electron chi connectivity index (χ3n) is 4.66. The molecule has 4 atom stereocenters. The predicted octanol–water partition coefficient (Wildman–Crippen LogP) is 2.10. The minimum Gasteiger partial charge on any atom is -0.481 e. The fourth-order valence-corrected chi connectivity index (χ4v) is 3.51. The van der Waals surface area contributed by atoms with Crippen molar-refractivity contribution in [3.8, 4) is 0 Å². The van der Waals surface area contributed by atoms with Gasteiger partial charge in [-0.1, -0.05) is 6.92 Å². The van der Waals surface area contributed by atoms with Gasteiger partial charge in [0.25, 0.3) is 0 Å². The number of carboxylic acids is 1. The van der Waals surface area contributed by atoms with Crippen LogP contribution in [0.2, 0.25) is 0 Å². The van der Waals surface area contributed by atoms with Crippen molar-refractivity contribution in [2.24, 2.45) is 11.8 Å². The Bertz CT molecular complexity index is 376. The number of hydrogen-bond donors (Lipinski definition) is 2. The summed E-state index contributed by atoms with van der Waals surface area (Å²) in [6.45, 7) is 2.41. The average molecular weight is 308 g/mol. The Morgan fingerprint density at radius 1 is 1.33 bits per heavy atom. The maximum absolute atomic E-state index is 12.3. The molecule has 2 aliphatic rings. The summed E-state index contributed by atoms with van der Waals surface area (Å²) in [5, 5.41) is 11.5. The lowest BCUT2D eigenvalue weighted by Crippen LogP contribution is -2.57. The Kier molecular flexibility index (Phi) is 5.14. The zero-order chi connectivity index (χ0) is 15.6. The third kappa shape index (κ3) is 4.85. The van der Waals surface area contributed by atoms with E-state index >= 15 is 0 Å². The third-order valence-corrected chi connectivity index (χ3v) is 4.66. The molecule has 1 heterocycles. The standard InChI is InChI=1S/C14H23F3N2O2/c1-9-2-3-12(9)19-6-10(5-13(20)21)4-11(7-19)18-8-14(15,16)17/h9-12,18H,2-8H2,1H3,(H,20,21). The first kappa shape index (κ1) is 16.5. The molecule has 122 valence electrons. The minimum atomic E-state index is -4.23. The van der Waals surface area contributed by atoms with Crippen molar-refractivity contribution < 1.29 is 23.1 Å². The molecule has 1 saturated carbocycles. The quantitative estimate of drug-likeness (QED) is 0.817. The maximum atomic E-state index is 12.3. The zero-order valence-corrected chi connectivity index (χ0v) is 12.2. The van der Waals surface area contributed by atoms with Crippen LogP contribution < -0.4 is 5.32 Å². The molecule has 0 spiro atoms. The van der Waals surface area contributed by atoms with Gasteiger partial charge in [-0.3, -0.25) is 9.69 Å². The highest BCUT2D eigenvalue weighted by molar-refractivity contribution is 5.67. The van der Waals surface area contributed by atoms with Gasteiger partial charge < -0.3 is 10.4 Å². The van der Waals surface area contributed by atoms with Crippen LogP contribution >= 0.6 is 0 Å². The van der Waals surface area contributed by atoms with Crippen molar-refractivity contribution in [2.75, 3.05) is 19.6 Å². The van der Waals surface area contributed by atoms with E-state index in [1.54, 1.807) is 0 Å². The molecule has 1 aliphatic heterocycles. The van der Waals surface area contributed by atoms with Crippen molar-refractivity contribution in [1.29, 1.82) is 0 Å². The smallest absolute Gasteiger partial charge is 0.401 e. The first-order chi connectivity index (χ1) is 9.74. The van der Waals surface area contributed by atoms with Crippen LogP contribution in [0.5, 0.6) is 0 Å². The monoisotopic (exact) mass is 308 g/mol. The molecule has 0 radical (unpaired) electrons. The molecule has 4 unspecified atom stereocenters. The lowest BCUT2D eigenvalue weighted by Gasteiger charge is -2.48. The van der Waals surface area contributed by atoms with Gasteiger partial charge >= 0.3 is 12.1 Å². The van der Waals surface area contributed by atoms with Gasteiger partial charge in [0, 0.05) is 31.6 Å². The average Bonchev–Trinajstić information content (AvgIpc) is 2.32. The van der Waals surface area contributed by atoms with Gasteiger partial charge in [0.15, 0.2) is 0 Å². The number of rotatable bonds is 5. The van der Waals surface area contributed by atoms with Crippen molar-refractivity contribution >= 4 is 5.97 Å². The van der Waals surface area contributed by atoms with E-state index in [-0.39, 0.29) is 18.4 Å². The number of piperidine rings is 1. The molecule has 1 saturated heterocycles. The summed E-state index contributed by atoms with van der Waals surface area (Å²) in [5.41, 5.74) is 0. The lowest BCUT2D eigenvalue weighted by molar-refractivity contribution is -0.139. The summed E-state index contributed by atoms with van der Waals surface area (Å²) in [6.07, 6.45) is -1.49. The first-order valence-electron chi connectivity index (χ1n) is 7.50. The number of nitrogens with one attached hydrogen (secondary N) is 1. The number of likely N-dealkylation sites (tertiary alicyclic amines) is 1. The highest BCUT2D eigenvalue weighted by atomic mass is 19.4. The molecule has 2 N–H and O–H groups in total. The molecule has 0 aromatic heterocycles. The largest absolute Gasteiger partial charge is 0.481 e. The fourth-order valence-electron chi connectivity index (χ4n) is 3.51. The molecular weight excluding hydrogens is 285 g/mol. The van der Waals surface area contributed by atoms with Crippen LogP contribution in [0, 0.1) is 11.8 Å². The molecule has 0 bridgehead atoms. The second kappa shape index (κ2) is 6.52. The van der Waals surface area contributed by atoms with Crippen LogP contribution in [0.3, 0.4) is 0 Å². The summed E-state index contributed by atoms with van der Waals surface area (Å²) < 4.78 is 37.0. The number of alkyl halides is 3. The van der Waals surface area contributed by atoms with Crippen LogP contribution in [-0.4, -0.2) is 53.9 Å². The van der Waals surface area contributed by atoms with Gasteiger partial charge in [-0.15, -0.1) is 0 Å². The van der Waals surface area contributed by atoms with Crippen LogP contribution in [0.4, 0.5) is 13.2 Å². The summed E-state index contributed by atoms with van der Waals surface area (Å²) >= 11 is 0. The highest BCUT2D eigenvalue weighted by Crippen LogP contribution is 2.35. The molecule has 4 nitrogen and oxygen atoms in total. The Hall–Kier alpha value is -0.820. The first-order valence-corrected chi connectivity index (χ1v) is 7.50. The predicted molar refractivity (Wildman–Crippen MR) is 72.0 cm³/mol. The summed E-state index contributed by atoms with van der Waals surface area (Å²) in [4.78, 5) is 13.1. The molecule has 21 heavy (non-hydrogen) atoms. The van der Waals surface area contributed by atoms with E-state index in [1.165, 1.54) is 0 Å². The van der Waals surface area contributed by atoms with E-state index in [0.717, 1.165) is 12.8 Å². The number of carbonyl (C=O) groups is 1. The molecule has 1 aliphatic carbocycles. The van der Waals surface area contributed by atoms with Crippen LogP contribution in [0.1, 0.15) is 32.6 Å². The highest BCUT2D eigenvalue weighted by Gasteiger charge is 2.39.